The highest BCUT2D eigenvalue weighted by molar-refractivity contribution is 5.59. The van der Waals surface area contributed by atoms with E-state index in [0.29, 0.717) is 5.78 Å². The molecule has 0 unspecified atom stereocenters. The molecule has 104 valence electrons. The SMILES string of the molecule is CCCCn1nc(C)nc1-c1c(C)nc2ncccn12. The zero-order valence-electron chi connectivity index (χ0n) is 12.0. The molecule has 0 bridgehead atoms. The van der Waals surface area contributed by atoms with Crippen molar-refractivity contribution in [3.8, 4) is 11.5 Å². The number of hydrogen-bond acceptors (Lipinski definition) is 4. The molecule has 0 saturated heterocycles. The van der Waals surface area contributed by atoms with E-state index in [-0.39, 0.29) is 0 Å². The van der Waals surface area contributed by atoms with Crippen LogP contribution in [0.1, 0.15) is 31.3 Å². The maximum atomic E-state index is 4.58. The van der Waals surface area contributed by atoms with Gasteiger partial charge in [-0.25, -0.2) is 19.6 Å². The van der Waals surface area contributed by atoms with Crippen LogP contribution in [-0.4, -0.2) is 29.1 Å². The van der Waals surface area contributed by atoms with Gasteiger partial charge < -0.3 is 0 Å². The van der Waals surface area contributed by atoms with Crippen LogP contribution in [0, 0.1) is 13.8 Å². The summed E-state index contributed by atoms with van der Waals surface area (Å²) < 4.78 is 3.95. The molecule has 3 aromatic rings. The van der Waals surface area contributed by atoms with Crippen molar-refractivity contribution >= 4 is 5.78 Å². The van der Waals surface area contributed by atoms with Crippen LogP contribution in [0.5, 0.6) is 0 Å². The van der Waals surface area contributed by atoms with E-state index in [1.54, 1.807) is 6.20 Å². The third-order valence-electron chi connectivity index (χ3n) is 3.29. The van der Waals surface area contributed by atoms with Crippen LogP contribution < -0.4 is 0 Å². The number of rotatable bonds is 4. The van der Waals surface area contributed by atoms with Crippen molar-refractivity contribution < 1.29 is 0 Å². The second-order valence-corrected chi connectivity index (χ2v) is 4.89. The van der Waals surface area contributed by atoms with Gasteiger partial charge in [-0.05, 0) is 26.3 Å². The van der Waals surface area contributed by atoms with Gasteiger partial charge in [-0.2, -0.15) is 5.10 Å². The van der Waals surface area contributed by atoms with Crippen molar-refractivity contribution in [2.24, 2.45) is 0 Å². The highest BCUT2D eigenvalue weighted by atomic mass is 15.4. The first-order valence-electron chi connectivity index (χ1n) is 6.92. The molecule has 6 nitrogen and oxygen atoms in total. The minimum atomic E-state index is 0.697. The van der Waals surface area contributed by atoms with Gasteiger partial charge in [0.05, 0.1) is 5.69 Å². The van der Waals surface area contributed by atoms with Crippen LogP contribution in [0.2, 0.25) is 0 Å². The lowest BCUT2D eigenvalue weighted by Crippen LogP contribution is -2.05. The van der Waals surface area contributed by atoms with Crippen molar-refractivity contribution in [1.29, 1.82) is 0 Å². The van der Waals surface area contributed by atoms with Crippen LogP contribution in [-0.2, 0) is 6.54 Å². The largest absolute Gasteiger partial charge is 0.280 e. The Balaban J connectivity index is 2.17. The first kappa shape index (κ1) is 12.8. The summed E-state index contributed by atoms with van der Waals surface area (Å²) in [6.07, 6.45) is 5.93. The van der Waals surface area contributed by atoms with Crippen LogP contribution in [0.25, 0.3) is 17.3 Å². The molecule has 0 atom stereocenters. The number of fused-ring (bicyclic) bond motifs is 1. The molecule has 0 amide bonds. The Morgan fingerprint density at radius 3 is 2.85 bits per heavy atom. The van der Waals surface area contributed by atoms with Crippen LogP contribution in [0.4, 0.5) is 0 Å². The Bertz CT molecular complexity index is 739. The van der Waals surface area contributed by atoms with Gasteiger partial charge in [0.2, 0.25) is 5.78 Å². The molecular weight excluding hydrogens is 252 g/mol. The van der Waals surface area contributed by atoms with E-state index in [2.05, 4.69) is 27.0 Å². The number of unbranched alkanes of at least 4 members (excludes halogenated alkanes) is 1. The third-order valence-corrected chi connectivity index (χ3v) is 3.29. The first-order valence-corrected chi connectivity index (χ1v) is 6.92. The summed E-state index contributed by atoms with van der Waals surface area (Å²) >= 11 is 0. The van der Waals surface area contributed by atoms with Crippen molar-refractivity contribution in [3.63, 3.8) is 0 Å². The zero-order chi connectivity index (χ0) is 14.1. The molecular formula is C14H18N6. The van der Waals surface area contributed by atoms with E-state index in [1.807, 2.05) is 35.2 Å². The highest BCUT2D eigenvalue weighted by Gasteiger charge is 2.18. The van der Waals surface area contributed by atoms with Gasteiger partial charge in [0, 0.05) is 18.9 Å². The maximum absolute atomic E-state index is 4.58. The quantitative estimate of drug-likeness (QED) is 0.730. The normalized spacial score (nSPS) is 11.3. The smallest absolute Gasteiger partial charge is 0.234 e. The summed E-state index contributed by atoms with van der Waals surface area (Å²) in [7, 11) is 0. The minimum absolute atomic E-state index is 0.697. The Morgan fingerprint density at radius 1 is 1.20 bits per heavy atom. The number of hydrogen-bond donors (Lipinski definition) is 0. The van der Waals surface area contributed by atoms with E-state index < -0.39 is 0 Å². The third kappa shape index (κ3) is 2.07. The topological polar surface area (TPSA) is 60.9 Å². The molecule has 0 aromatic carbocycles. The van der Waals surface area contributed by atoms with Gasteiger partial charge in [-0.15, -0.1) is 0 Å². The summed E-state index contributed by atoms with van der Waals surface area (Å²) in [6, 6.07) is 1.90. The summed E-state index contributed by atoms with van der Waals surface area (Å²) in [5.41, 5.74) is 1.90. The fourth-order valence-electron chi connectivity index (χ4n) is 2.36. The standard InChI is InChI=1S/C14H18N6/c1-4-5-9-20-13(17-11(3)18-20)12-10(2)16-14-15-7-6-8-19(12)14/h6-8H,4-5,9H2,1-3H3. The molecule has 20 heavy (non-hydrogen) atoms. The van der Waals surface area contributed by atoms with E-state index in [1.165, 1.54) is 0 Å². The second-order valence-electron chi connectivity index (χ2n) is 4.89. The lowest BCUT2D eigenvalue weighted by Gasteiger charge is -2.05. The molecule has 6 heteroatoms. The summed E-state index contributed by atoms with van der Waals surface area (Å²) in [6.45, 7) is 6.95. The Hall–Kier alpha value is -2.24. The molecule has 3 rings (SSSR count). The Kier molecular flexibility index (Phi) is 3.22. The molecule has 0 radical (unpaired) electrons. The van der Waals surface area contributed by atoms with Gasteiger partial charge in [0.1, 0.15) is 11.5 Å². The summed E-state index contributed by atoms with van der Waals surface area (Å²) in [4.78, 5) is 13.4. The zero-order valence-corrected chi connectivity index (χ0v) is 12.0. The fourth-order valence-corrected chi connectivity index (χ4v) is 2.36. The van der Waals surface area contributed by atoms with Crippen molar-refractivity contribution in [3.05, 3.63) is 30.0 Å². The monoisotopic (exact) mass is 270 g/mol. The molecule has 0 fully saturated rings. The Morgan fingerprint density at radius 2 is 2.05 bits per heavy atom. The molecule has 3 heterocycles. The summed E-state index contributed by atoms with van der Waals surface area (Å²) in [5, 5.41) is 4.50. The average molecular weight is 270 g/mol. The first-order chi connectivity index (χ1) is 9.70. The molecule has 0 aliphatic rings. The molecule has 0 N–H and O–H groups in total. The van der Waals surface area contributed by atoms with Crippen LogP contribution in [0.3, 0.4) is 0 Å². The predicted octanol–water partition coefficient (Wildman–Crippen LogP) is 2.40. The lowest BCUT2D eigenvalue weighted by atomic mass is 10.3. The van der Waals surface area contributed by atoms with Gasteiger partial charge in [0.25, 0.3) is 0 Å². The Labute approximate surface area is 117 Å². The van der Waals surface area contributed by atoms with Gasteiger partial charge in [-0.3, -0.25) is 4.40 Å². The van der Waals surface area contributed by atoms with E-state index in [9.17, 15) is 0 Å². The van der Waals surface area contributed by atoms with Crippen molar-refractivity contribution in [2.75, 3.05) is 0 Å². The molecule has 0 aliphatic heterocycles. The summed E-state index contributed by atoms with van der Waals surface area (Å²) in [5.74, 6) is 2.35. The van der Waals surface area contributed by atoms with E-state index in [0.717, 1.165) is 42.4 Å². The fraction of sp³-hybridized carbons (Fsp3) is 0.429. The predicted molar refractivity (Wildman–Crippen MR) is 76.4 cm³/mol. The number of aromatic nitrogens is 6. The number of imidazole rings is 1. The van der Waals surface area contributed by atoms with Gasteiger partial charge in [0.15, 0.2) is 5.82 Å². The number of nitrogens with zero attached hydrogens (tertiary/aromatic N) is 6. The maximum Gasteiger partial charge on any atom is 0.234 e. The van der Waals surface area contributed by atoms with E-state index >= 15 is 0 Å². The number of aryl methyl sites for hydroxylation is 3. The van der Waals surface area contributed by atoms with Gasteiger partial charge in [-0.1, -0.05) is 13.3 Å². The average Bonchev–Trinajstić information content (AvgIpc) is 2.95. The molecule has 3 aromatic heterocycles. The molecule has 0 aliphatic carbocycles. The van der Waals surface area contributed by atoms with E-state index in [4.69, 9.17) is 0 Å². The van der Waals surface area contributed by atoms with Gasteiger partial charge >= 0.3 is 0 Å². The van der Waals surface area contributed by atoms with Crippen LogP contribution in [0.15, 0.2) is 18.5 Å². The highest BCUT2D eigenvalue weighted by Crippen LogP contribution is 2.22. The van der Waals surface area contributed by atoms with Crippen LogP contribution >= 0.6 is 0 Å². The van der Waals surface area contributed by atoms with Crippen molar-refractivity contribution in [2.45, 2.75) is 40.2 Å². The molecule has 0 saturated carbocycles. The minimum Gasteiger partial charge on any atom is -0.280 e. The lowest BCUT2D eigenvalue weighted by molar-refractivity contribution is 0.572. The molecule has 0 spiro atoms. The van der Waals surface area contributed by atoms with Crippen molar-refractivity contribution in [1.82, 2.24) is 29.1 Å². The second kappa shape index (κ2) is 5.03.